The maximum atomic E-state index is 12.8. The van der Waals surface area contributed by atoms with E-state index >= 15 is 0 Å². The van der Waals surface area contributed by atoms with Crippen LogP contribution >= 0.6 is 11.3 Å². The molecule has 0 spiro atoms. The van der Waals surface area contributed by atoms with Gasteiger partial charge in [0.2, 0.25) is 11.8 Å². The lowest BCUT2D eigenvalue weighted by Crippen LogP contribution is -2.44. The number of carbonyl (C=O) groups excluding carboxylic acids is 1. The molecule has 1 aliphatic rings. The van der Waals surface area contributed by atoms with Crippen LogP contribution in [0, 0.1) is 0 Å². The van der Waals surface area contributed by atoms with Crippen LogP contribution in [0.5, 0.6) is 0 Å². The maximum Gasteiger partial charge on any atom is 0.322 e. The van der Waals surface area contributed by atoms with Crippen LogP contribution in [-0.2, 0) is 4.74 Å². The minimum atomic E-state index is -0.406. The fraction of sp³-hybridized carbons (Fsp3) is 0.350. The topological polar surface area (TPSA) is 80.5 Å². The minimum absolute atomic E-state index is 0.153. The molecule has 0 bridgehead atoms. The summed E-state index contributed by atoms with van der Waals surface area (Å²) >= 11 is 1.67. The van der Waals surface area contributed by atoms with Crippen LogP contribution in [0.3, 0.4) is 0 Å². The molecule has 1 fully saturated rings. The van der Waals surface area contributed by atoms with Crippen molar-refractivity contribution in [3.8, 4) is 10.4 Å². The molecule has 28 heavy (non-hydrogen) atoms. The quantitative estimate of drug-likeness (QED) is 0.698. The molecule has 0 aliphatic carbocycles. The summed E-state index contributed by atoms with van der Waals surface area (Å²) in [6.07, 6.45) is -0.406. The molecular formula is C20H22N4O3S. The number of carbonyl (C=O) groups is 1. The van der Waals surface area contributed by atoms with E-state index in [4.69, 9.17) is 9.15 Å². The largest absolute Gasteiger partial charge is 0.422 e. The molecule has 1 atom stereocenters. The number of nitrogens with zero attached hydrogens (tertiary/aromatic N) is 3. The van der Waals surface area contributed by atoms with Crippen LogP contribution in [0.4, 0.5) is 10.5 Å². The molecule has 0 saturated carbocycles. The van der Waals surface area contributed by atoms with Crippen molar-refractivity contribution in [3.05, 3.63) is 53.6 Å². The van der Waals surface area contributed by atoms with Crippen LogP contribution < -0.4 is 5.32 Å². The Kier molecular flexibility index (Phi) is 5.40. The summed E-state index contributed by atoms with van der Waals surface area (Å²) < 4.78 is 11.4. The zero-order valence-corrected chi connectivity index (χ0v) is 16.6. The number of benzene rings is 1. The number of rotatable bonds is 4. The van der Waals surface area contributed by atoms with Crippen molar-refractivity contribution in [3.63, 3.8) is 0 Å². The van der Waals surface area contributed by atoms with Gasteiger partial charge in [-0.3, -0.25) is 0 Å². The molecule has 1 saturated heterocycles. The van der Waals surface area contributed by atoms with Crippen molar-refractivity contribution in [1.29, 1.82) is 0 Å². The first-order valence-electron chi connectivity index (χ1n) is 9.25. The van der Waals surface area contributed by atoms with Crippen molar-refractivity contribution in [2.24, 2.45) is 0 Å². The van der Waals surface area contributed by atoms with Crippen molar-refractivity contribution in [2.45, 2.75) is 25.9 Å². The summed E-state index contributed by atoms with van der Waals surface area (Å²) in [4.78, 5) is 15.6. The number of morpholine rings is 1. The Morgan fingerprint density at radius 2 is 2.18 bits per heavy atom. The molecule has 8 heteroatoms. The van der Waals surface area contributed by atoms with Gasteiger partial charge in [0.15, 0.2) is 6.10 Å². The van der Waals surface area contributed by atoms with E-state index in [1.165, 1.54) is 4.88 Å². The second-order valence-electron chi connectivity index (χ2n) is 6.93. The lowest BCUT2D eigenvalue weighted by molar-refractivity contribution is -0.0276. The highest BCUT2D eigenvalue weighted by Crippen LogP contribution is 2.27. The normalized spacial score (nSPS) is 17.1. The van der Waals surface area contributed by atoms with E-state index in [2.05, 4.69) is 21.6 Å². The molecule has 2 amide bonds. The van der Waals surface area contributed by atoms with Gasteiger partial charge in [-0.05, 0) is 29.1 Å². The Hall–Kier alpha value is -2.71. The lowest BCUT2D eigenvalue weighted by Gasteiger charge is -2.31. The van der Waals surface area contributed by atoms with E-state index < -0.39 is 6.10 Å². The Morgan fingerprint density at radius 3 is 2.93 bits per heavy atom. The highest BCUT2D eigenvalue weighted by Gasteiger charge is 2.29. The molecule has 3 heterocycles. The van der Waals surface area contributed by atoms with Crippen LogP contribution in [0.25, 0.3) is 10.4 Å². The van der Waals surface area contributed by atoms with Gasteiger partial charge in [-0.25, -0.2) is 4.79 Å². The number of hydrogen-bond donors (Lipinski definition) is 1. The summed E-state index contributed by atoms with van der Waals surface area (Å²) in [5, 5.41) is 13.1. The van der Waals surface area contributed by atoms with Gasteiger partial charge in [-0.2, -0.15) is 0 Å². The zero-order valence-electron chi connectivity index (χ0n) is 15.8. The molecule has 1 aromatic carbocycles. The predicted molar refractivity (Wildman–Crippen MR) is 107 cm³/mol. The number of amides is 2. The van der Waals surface area contributed by atoms with Crippen LogP contribution in [-0.4, -0.2) is 40.8 Å². The standard InChI is InChI=1S/C20H22N4O3S/c1-13(2)18-22-23-19(27-18)16-12-24(8-9-26-16)20(25)21-15-6-3-5-14(11-15)17-7-4-10-28-17/h3-7,10-11,13,16H,8-9,12H2,1-2H3,(H,21,25). The summed E-state index contributed by atoms with van der Waals surface area (Å²) in [5.74, 6) is 1.14. The third-order valence-corrected chi connectivity index (χ3v) is 5.42. The molecule has 146 valence electrons. The molecule has 3 aromatic rings. The second-order valence-corrected chi connectivity index (χ2v) is 7.87. The first-order valence-corrected chi connectivity index (χ1v) is 10.1. The third-order valence-electron chi connectivity index (χ3n) is 4.50. The zero-order chi connectivity index (χ0) is 19.5. The van der Waals surface area contributed by atoms with E-state index in [1.807, 2.05) is 49.6 Å². The smallest absolute Gasteiger partial charge is 0.322 e. The Labute approximate surface area is 167 Å². The van der Waals surface area contributed by atoms with Crippen molar-refractivity contribution >= 4 is 23.1 Å². The van der Waals surface area contributed by atoms with Crippen LogP contribution in [0.1, 0.15) is 37.7 Å². The van der Waals surface area contributed by atoms with E-state index in [0.29, 0.717) is 31.5 Å². The second kappa shape index (κ2) is 8.12. The summed E-state index contributed by atoms with van der Waals surface area (Å²) in [5.41, 5.74) is 1.85. The SMILES string of the molecule is CC(C)c1nnc(C2CN(C(=O)Nc3cccc(-c4cccs4)c3)CCO2)o1. The number of aromatic nitrogens is 2. The Morgan fingerprint density at radius 1 is 1.29 bits per heavy atom. The molecule has 1 N–H and O–H groups in total. The van der Waals surface area contributed by atoms with Gasteiger partial charge < -0.3 is 19.4 Å². The van der Waals surface area contributed by atoms with Gasteiger partial charge in [0.1, 0.15) is 0 Å². The van der Waals surface area contributed by atoms with E-state index in [-0.39, 0.29) is 11.9 Å². The number of ether oxygens (including phenoxy) is 1. The number of nitrogens with one attached hydrogen (secondary N) is 1. The molecule has 4 rings (SSSR count). The molecule has 2 aromatic heterocycles. The fourth-order valence-corrected chi connectivity index (χ4v) is 3.71. The predicted octanol–water partition coefficient (Wildman–Crippen LogP) is 4.53. The minimum Gasteiger partial charge on any atom is -0.422 e. The number of hydrogen-bond acceptors (Lipinski definition) is 6. The van der Waals surface area contributed by atoms with Gasteiger partial charge in [-0.1, -0.05) is 32.0 Å². The molecule has 1 aliphatic heterocycles. The summed E-state index contributed by atoms with van der Waals surface area (Å²) in [7, 11) is 0. The monoisotopic (exact) mass is 398 g/mol. The van der Waals surface area contributed by atoms with Gasteiger partial charge in [0.25, 0.3) is 0 Å². The van der Waals surface area contributed by atoms with E-state index in [1.54, 1.807) is 16.2 Å². The van der Waals surface area contributed by atoms with Crippen molar-refractivity contribution in [1.82, 2.24) is 15.1 Å². The van der Waals surface area contributed by atoms with Crippen molar-refractivity contribution < 1.29 is 13.9 Å². The molecule has 1 unspecified atom stereocenters. The third kappa shape index (κ3) is 4.07. The number of urea groups is 1. The van der Waals surface area contributed by atoms with E-state index in [0.717, 1.165) is 11.3 Å². The maximum absolute atomic E-state index is 12.8. The summed E-state index contributed by atoms with van der Waals surface area (Å²) in [6.45, 7) is 5.28. The van der Waals surface area contributed by atoms with Crippen LogP contribution in [0.2, 0.25) is 0 Å². The van der Waals surface area contributed by atoms with Crippen LogP contribution in [0.15, 0.2) is 46.2 Å². The van der Waals surface area contributed by atoms with Gasteiger partial charge in [0, 0.05) is 23.0 Å². The highest BCUT2D eigenvalue weighted by molar-refractivity contribution is 7.13. The highest BCUT2D eigenvalue weighted by atomic mass is 32.1. The first-order chi connectivity index (χ1) is 13.6. The average molecular weight is 398 g/mol. The fourth-order valence-electron chi connectivity index (χ4n) is 2.99. The van der Waals surface area contributed by atoms with Gasteiger partial charge in [0.05, 0.1) is 13.2 Å². The molecule has 7 nitrogen and oxygen atoms in total. The average Bonchev–Trinajstić information content (AvgIpc) is 3.40. The number of anilines is 1. The molecular weight excluding hydrogens is 376 g/mol. The summed E-state index contributed by atoms with van der Waals surface area (Å²) in [6, 6.07) is 11.8. The molecule has 0 radical (unpaired) electrons. The Bertz CT molecular complexity index is 939. The van der Waals surface area contributed by atoms with Gasteiger partial charge in [-0.15, -0.1) is 21.5 Å². The van der Waals surface area contributed by atoms with Gasteiger partial charge >= 0.3 is 6.03 Å². The Balaban J connectivity index is 1.42. The van der Waals surface area contributed by atoms with E-state index in [9.17, 15) is 4.79 Å². The number of thiophene rings is 1. The first kappa shape index (κ1) is 18.6. The van der Waals surface area contributed by atoms with Crippen molar-refractivity contribution in [2.75, 3.05) is 25.0 Å². The lowest BCUT2D eigenvalue weighted by atomic mass is 10.1.